The molecule has 0 saturated carbocycles. The fraction of sp³-hybridized carbons (Fsp3) is 0.200. The van der Waals surface area contributed by atoms with Crippen molar-refractivity contribution in [3.8, 4) is 0 Å². The molecule has 0 atom stereocenters. The molecule has 0 aliphatic heterocycles. The Morgan fingerprint density at radius 2 is 2.36 bits per heavy atom. The first-order valence-electron chi connectivity index (χ1n) is 4.29. The molecular formula is C10H9BrN2O. The number of aryl methyl sites for hydroxylation is 1. The van der Waals surface area contributed by atoms with Crippen molar-refractivity contribution in [2.75, 3.05) is 0 Å². The van der Waals surface area contributed by atoms with E-state index in [0.29, 0.717) is 6.54 Å². The summed E-state index contributed by atoms with van der Waals surface area (Å²) in [5.74, 6) is 0. The van der Waals surface area contributed by atoms with Crippen LogP contribution in [0.15, 0.2) is 22.7 Å². The van der Waals surface area contributed by atoms with Gasteiger partial charge < -0.3 is 4.79 Å². The van der Waals surface area contributed by atoms with Gasteiger partial charge >= 0.3 is 0 Å². The largest absolute Gasteiger partial charge is 0.301 e. The van der Waals surface area contributed by atoms with E-state index in [-0.39, 0.29) is 0 Å². The summed E-state index contributed by atoms with van der Waals surface area (Å²) in [5.41, 5.74) is 1.93. The zero-order valence-electron chi connectivity index (χ0n) is 7.70. The number of carbonyl (C=O) groups is 1. The summed E-state index contributed by atoms with van der Waals surface area (Å²) in [6.07, 6.45) is 0.854. The standard InChI is InChI=1S/C10H9BrN2O/c1-7-10-8(11)3-2-4-9(10)13(12-7)5-6-14/h2-4,6H,5H2,1H3. The van der Waals surface area contributed by atoms with Crippen molar-refractivity contribution in [1.29, 1.82) is 0 Å². The van der Waals surface area contributed by atoms with Crippen molar-refractivity contribution in [3.05, 3.63) is 28.4 Å². The van der Waals surface area contributed by atoms with Gasteiger partial charge in [0.05, 0.1) is 17.8 Å². The second-order valence-electron chi connectivity index (χ2n) is 3.07. The van der Waals surface area contributed by atoms with E-state index in [0.717, 1.165) is 27.4 Å². The summed E-state index contributed by atoms with van der Waals surface area (Å²) < 4.78 is 2.73. The number of halogens is 1. The van der Waals surface area contributed by atoms with Crippen LogP contribution in [-0.2, 0) is 11.3 Å². The lowest BCUT2D eigenvalue weighted by atomic mass is 10.2. The van der Waals surface area contributed by atoms with E-state index in [2.05, 4.69) is 21.0 Å². The van der Waals surface area contributed by atoms with Gasteiger partial charge in [-0.25, -0.2) is 0 Å². The van der Waals surface area contributed by atoms with Gasteiger partial charge in [0.2, 0.25) is 0 Å². The number of aromatic nitrogens is 2. The lowest BCUT2D eigenvalue weighted by Gasteiger charge is -1.97. The lowest BCUT2D eigenvalue weighted by molar-refractivity contribution is -0.108. The molecule has 0 saturated heterocycles. The maximum absolute atomic E-state index is 10.4. The molecule has 0 radical (unpaired) electrons. The Morgan fingerprint density at radius 3 is 3.07 bits per heavy atom. The van der Waals surface area contributed by atoms with Gasteiger partial charge in [0, 0.05) is 9.86 Å². The summed E-state index contributed by atoms with van der Waals surface area (Å²) in [4.78, 5) is 10.4. The summed E-state index contributed by atoms with van der Waals surface area (Å²) in [5, 5.41) is 5.37. The molecule has 0 N–H and O–H groups in total. The van der Waals surface area contributed by atoms with Gasteiger partial charge in [0.15, 0.2) is 0 Å². The van der Waals surface area contributed by atoms with E-state index < -0.39 is 0 Å². The Labute approximate surface area is 89.8 Å². The van der Waals surface area contributed by atoms with Gasteiger partial charge in [-0.2, -0.15) is 5.10 Å². The molecule has 4 heteroatoms. The molecule has 14 heavy (non-hydrogen) atoms. The van der Waals surface area contributed by atoms with Crippen molar-refractivity contribution >= 4 is 33.1 Å². The van der Waals surface area contributed by atoms with Gasteiger partial charge in [-0.1, -0.05) is 22.0 Å². The molecule has 0 aliphatic rings. The number of rotatable bonds is 2. The van der Waals surface area contributed by atoms with E-state index in [1.807, 2.05) is 25.1 Å². The lowest BCUT2D eigenvalue weighted by Crippen LogP contribution is -2.00. The normalized spacial score (nSPS) is 10.7. The molecule has 0 unspecified atom stereocenters. The van der Waals surface area contributed by atoms with E-state index in [4.69, 9.17) is 0 Å². The summed E-state index contributed by atoms with van der Waals surface area (Å²) in [6.45, 7) is 2.25. The molecular weight excluding hydrogens is 244 g/mol. The fourth-order valence-corrected chi connectivity index (χ4v) is 2.22. The summed E-state index contributed by atoms with van der Waals surface area (Å²) in [7, 11) is 0. The monoisotopic (exact) mass is 252 g/mol. The summed E-state index contributed by atoms with van der Waals surface area (Å²) >= 11 is 3.47. The van der Waals surface area contributed by atoms with Gasteiger partial charge in [-0.05, 0) is 19.1 Å². The van der Waals surface area contributed by atoms with Crippen LogP contribution < -0.4 is 0 Å². The Balaban J connectivity index is 2.77. The molecule has 0 fully saturated rings. The second-order valence-corrected chi connectivity index (χ2v) is 3.92. The van der Waals surface area contributed by atoms with Crippen molar-refractivity contribution in [1.82, 2.24) is 9.78 Å². The number of carbonyl (C=O) groups excluding carboxylic acids is 1. The molecule has 0 amide bonds. The van der Waals surface area contributed by atoms with Crippen LogP contribution in [0.3, 0.4) is 0 Å². The fourth-order valence-electron chi connectivity index (χ4n) is 1.58. The second kappa shape index (κ2) is 3.53. The van der Waals surface area contributed by atoms with Crippen LogP contribution in [0, 0.1) is 6.92 Å². The minimum Gasteiger partial charge on any atom is -0.301 e. The average molecular weight is 253 g/mol. The molecule has 0 aliphatic carbocycles. The number of aldehydes is 1. The number of fused-ring (bicyclic) bond motifs is 1. The third-order valence-corrected chi connectivity index (χ3v) is 2.81. The van der Waals surface area contributed by atoms with Gasteiger partial charge in [-0.15, -0.1) is 0 Å². The topological polar surface area (TPSA) is 34.9 Å². The number of hydrogen-bond acceptors (Lipinski definition) is 2. The number of nitrogens with zero attached hydrogens (tertiary/aromatic N) is 2. The maximum Gasteiger partial charge on any atom is 0.141 e. The Bertz CT molecular complexity index is 490. The molecule has 0 bridgehead atoms. The minimum atomic E-state index is 0.306. The minimum absolute atomic E-state index is 0.306. The Morgan fingerprint density at radius 1 is 1.57 bits per heavy atom. The van der Waals surface area contributed by atoms with E-state index in [9.17, 15) is 4.79 Å². The van der Waals surface area contributed by atoms with Crippen LogP contribution in [0.25, 0.3) is 10.9 Å². The molecule has 2 aromatic rings. The van der Waals surface area contributed by atoms with Crippen molar-refractivity contribution in [3.63, 3.8) is 0 Å². The smallest absolute Gasteiger partial charge is 0.141 e. The van der Waals surface area contributed by atoms with Crippen LogP contribution in [0.2, 0.25) is 0 Å². The molecule has 1 aromatic carbocycles. The summed E-state index contributed by atoms with van der Waals surface area (Å²) in [6, 6.07) is 5.88. The first-order chi connectivity index (χ1) is 6.74. The quantitative estimate of drug-likeness (QED) is 0.770. The van der Waals surface area contributed by atoms with E-state index in [1.54, 1.807) is 4.68 Å². The van der Waals surface area contributed by atoms with Crippen LogP contribution in [-0.4, -0.2) is 16.1 Å². The van der Waals surface area contributed by atoms with Crippen LogP contribution in [0.4, 0.5) is 0 Å². The SMILES string of the molecule is Cc1nn(CC=O)c2cccc(Br)c12. The van der Waals surface area contributed by atoms with Crippen LogP contribution in [0.1, 0.15) is 5.69 Å². The Hall–Kier alpha value is -1.16. The number of benzene rings is 1. The molecule has 1 heterocycles. The molecule has 1 aromatic heterocycles. The first kappa shape index (κ1) is 9.40. The van der Waals surface area contributed by atoms with Crippen LogP contribution >= 0.6 is 15.9 Å². The van der Waals surface area contributed by atoms with Crippen molar-refractivity contribution in [2.24, 2.45) is 0 Å². The molecule has 72 valence electrons. The van der Waals surface area contributed by atoms with Gasteiger partial charge in [0.25, 0.3) is 0 Å². The third-order valence-electron chi connectivity index (χ3n) is 2.15. The highest BCUT2D eigenvalue weighted by molar-refractivity contribution is 9.10. The average Bonchev–Trinajstić information content (AvgIpc) is 2.46. The molecule has 3 nitrogen and oxygen atoms in total. The molecule has 0 spiro atoms. The van der Waals surface area contributed by atoms with Crippen LogP contribution in [0.5, 0.6) is 0 Å². The van der Waals surface area contributed by atoms with Gasteiger partial charge in [0.1, 0.15) is 6.29 Å². The number of hydrogen-bond donors (Lipinski definition) is 0. The molecule has 2 rings (SSSR count). The predicted octanol–water partition coefficient (Wildman–Crippen LogP) is 2.31. The Kier molecular flexibility index (Phi) is 2.37. The zero-order chi connectivity index (χ0) is 10.1. The van der Waals surface area contributed by atoms with Crippen molar-refractivity contribution < 1.29 is 4.79 Å². The van der Waals surface area contributed by atoms with Gasteiger partial charge in [-0.3, -0.25) is 4.68 Å². The highest BCUT2D eigenvalue weighted by Gasteiger charge is 2.08. The predicted molar refractivity (Wildman–Crippen MR) is 58.2 cm³/mol. The van der Waals surface area contributed by atoms with Crippen molar-refractivity contribution in [2.45, 2.75) is 13.5 Å². The van der Waals surface area contributed by atoms with E-state index >= 15 is 0 Å². The zero-order valence-corrected chi connectivity index (χ0v) is 9.28. The highest BCUT2D eigenvalue weighted by Crippen LogP contribution is 2.26. The highest BCUT2D eigenvalue weighted by atomic mass is 79.9. The van der Waals surface area contributed by atoms with E-state index in [1.165, 1.54) is 0 Å². The first-order valence-corrected chi connectivity index (χ1v) is 5.08. The third kappa shape index (κ3) is 1.35. The maximum atomic E-state index is 10.4.